The maximum atomic E-state index is 14.0. The Kier molecular flexibility index (Phi) is 4.90. The minimum absolute atomic E-state index is 0.0616. The fourth-order valence-electron chi connectivity index (χ4n) is 2.17. The van der Waals surface area contributed by atoms with Crippen molar-refractivity contribution in [1.82, 2.24) is 14.8 Å². The van der Waals surface area contributed by atoms with Gasteiger partial charge in [-0.05, 0) is 38.8 Å². The molecule has 0 spiro atoms. The molecule has 1 atom stereocenters. The molecule has 0 fully saturated rings. The highest BCUT2D eigenvalue weighted by atomic mass is 19.1. The van der Waals surface area contributed by atoms with E-state index in [1.54, 1.807) is 10.7 Å². The predicted octanol–water partition coefficient (Wildman–Crippen LogP) is 2.47. The smallest absolute Gasteiger partial charge is 0.165 e. The topological polar surface area (TPSA) is 66.0 Å². The first kappa shape index (κ1) is 15.4. The van der Waals surface area contributed by atoms with Gasteiger partial charge in [-0.2, -0.15) is 5.10 Å². The summed E-state index contributed by atoms with van der Waals surface area (Å²) in [5.74, 6) is 0.525. The molecule has 0 aliphatic heterocycles. The van der Waals surface area contributed by atoms with Crippen LogP contribution in [-0.4, -0.2) is 20.8 Å². The van der Waals surface area contributed by atoms with Gasteiger partial charge in [-0.15, -0.1) is 0 Å². The monoisotopic (exact) mass is 292 g/mol. The summed E-state index contributed by atoms with van der Waals surface area (Å²) in [6.45, 7) is 6.06. The van der Waals surface area contributed by atoms with Crippen LogP contribution in [0.15, 0.2) is 24.5 Å². The van der Waals surface area contributed by atoms with Gasteiger partial charge in [0.15, 0.2) is 17.4 Å². The van der Waals surface area contributed by atoms with Crippen molar-refractivity contribution in [2.45, 2.75) is 45.9 Å². The first-order valence-electron chi connectivity index (χ1n) is 7.03. The number of hydrogen-bond donors (Lipinski definition) is 1. The third-order valence-corrected chi connectivity index (χ3v) is 3.07. The van der Waals surface area contributed by atoms with Crippen LogP contribution in [0.1, 0.15) is 38.2 Å². The zero-order valence-electron chi connectivity index (χ0n) is 12.6. The molecule has 2 rings (SSSR count). The summed E-state index contributed by atoms with van der Waals surface area (Å²) < 4.78 is 21.4. The molecule has 1 aromatic carbocycles. The van der Waals surface area contributed by atoms with Crippen molar-refractivity contribution in [2.75, 3.05) is 0 Å². The zero-order chi connectivity index (χ0) is 15.4. The summed E-state index contributed by atoms with van der Waals surface area (Å²) >= 11 is 0. The molecule has 1 unspecified atom stereocenters. The van der Waals surface area contributed by atoms with Gasteiger partial charge in [-0.3, -0.25) is 0 Å². The van der Waals surface area contributed by atoms with Crippen molar-refractivity contribution in [3.05, 3.63) is 41.7 Å². The van der Waals surface area contributed by atoms with E-state index in [1.807, 2.05) is 26.8 Å². The number of para-hydroxylation sites is 1. The molecule has 0 bridgehead atoms. The van der Waals surface area contributed by atoms with E-state index >= 15 is 0 Å². The number of ether oxygens (including phenoxy) is 1. The Morgan fingerprint density at radius 1 is 1.33 bits per heavy atom. The molecule has 0 aliphatic rings. The predicted molar refractivity (Wildman–Crippen MR) is 78.5 cm³/mol. The van der Waals surface area contributed by atoms with E-state index in [2.05, 4.69) is 10.1 Å². The Hall–Kier alpha value is -1.95. The van der Waals surface area contributed by atoms with E-state index in [0.717, 1.165) is 5.56 Å². The van der Waals surface area contributed by atoms with E-state index < -0.39 is 0 Å². The molecule has 114 valence electrons. The molecule has 5 nitrogen and oxygen atoms in total. The number of halogens is 1. The molecule has 0 amide bonds. The maximum absolute atomic E-state index is 14.0. The Labute approximate surface area is 123 Å². The van der Waals surface area contributed by atoms with Gasteiger partial charge in [0.1, 0.15) is 12.9 Å². The summed E-state index contributed by atoms with van der Waals surface area (Å²) in [5.41, 5.74) is 6.56. The summed E-state index contributed by atoms with van der Waals surface area (Å²) in [7, 11) is 0. The highest BCUT2D eigenvalue weighted by Gasteiger charge is 2.14. The van der Waals surface area contributed by atoms with Crippen LogP contribution in [0.25, 0.3) is 0 Å². The third kappa shape index (κ3) is 3.78. The lowest BCUT2D eigenvalue weighted by Crippen LogP contribution is -2.19. The van der Waals surface area contributed by atoms with Crippen LogP contribution in [-0.2, 0) is 13.0 Å². The quantitative estimate of drug-likeness (QED) is 0.888. The molecule has 1 heterocycles. The molecular weight excluding hydrogens is 271 g/mol. The summed E-state index contributed by atoms with van der Waals surface area (Å²) in [5, 5.41) is 4.13. The molecule has 0 aliphatic carbocycles. The van der Waals surface area contributed by atoms with E-state index in [4.69, 9.17) is 10.5 Å². The average molecular weight is 292 g/mol. The van der Waals surface area contributed by atoms with Gasteiger partial charge in [0.05, 0.1) is 0 Å². The SMILES string of the molecule is CC(N)Cc1cccc(F)c1OCc1ncnn1C(C)C. The van der Waals surface area contributed by atoms with E-state index in [1.165, 1.54) is 12.4 Å². The normalized spacial score (nSPS) is 12.7. The second-order valence-electron chi connectivity index (χ2n) is 5.41. The minimum atomic E-state index is -0.385. The number of nitrogens with zero attached hydrogens (tertiary/aromatic N) is 3. The van der Waals surface area contributed by atoms with Gasteiger partial charge in [0, 0.05) is 12.1 Å². The maximum Gasteiger partial charge on any atom is 0.165 e. The van der Waals surface area contributed by atoms with Crippen LogP contribution in [0.4, 0.5) is 4.39 Å². The molecule has 0 radical (unpaired) electrons. The molecule has 0 saturated heterocycles. The number of benzene rings is 1. The standard InChI is InChI=1S/C15H21FN4O/c1-10(2)20-14(18-9-19-20)8-21-15-12(7-11(3)17)5-4-6-13(15)16/h4-6,9-11H,7-8,17H2,1-3H3. The zero-order valence-corrected chi connectivity index (χ0v) is 12.6. The lowest BCUT2D eigenvalue weighted by Gasteiger charge is -2.15. The Bertz CT molecular complexity index is 595. The van der Waals surface area contributed by atoms with Crippen molar-refractivity contribution in [2.24, 2.45) is 5.73 Å². The van der Waals surface area contributed by atoms with E-state index in [-0.39, 0.29) is 30.3 Å². The molecular formula is C15H21FN4O. The largest absolute Gasteiger partial charge is 0.482 e. The van der Waals surface area contributed by atoms with Crippen molar-refractivity contribution in [1.29, 1.82) is 0 Å². The first-order valence-corrected chi connectivity index (χ1v) is 7.03. The van der Waals surface area contributed by atoms with Crippen molar-refractivity contribution in [3.8, 4) is 5.75 Å². The fourth-order valence-corrected chi connectivity index (χ4v) is 2.17. The van der Waals surface area contributed by atoms with Crippen LogP contribution in [0.2, 0.25) is 0 Å². The highest BCUT2D eigenvalue weighted by molar-refractivity contribution is 5.35. The molecule has 21 heavy (non-hydrogen) atoms. The summed E-state index contributed by atoms with van der Waals surface area (Å²) in [4.78, 5) is 4.15. The van der Waals surface area contributed by atoms with Crippen LogP contribution < -0.4 is 10.5 Å². The number of hydrogen-bond acceptors (Lipinski definition) is 4. The van der Waals surface area contributed by atoms with Gasteiger partial charge in [0.25, 0.3) is 0 Å². The third-order valence-electron chi connectivity index (χ3n) is 3.07. The Balaban J connectivity index is 2.17. The lowest BCUT2D eigenvalue weighted by molar-refractivity contribution is 0.266. The number of nitrogens with two attached hydrogens (primary N) is 1. The van der Waals surface area contributed by atoms with E-state index in [0.29, 0.717) is 12.2 Å². The van der Waals surface area contributed by atoms with Crippen LogP contribution in [0.5, 0.6) is 5.75 Å². The fraction of sp³-hybridized carbons (Fsp3) is 0.467. The van der Waals surface area contributed by atoms with Gasteiger partial charge < -0.3 is 10.5 Å². The highest BCUT2D eigenvalue weighted by Crippen LogP contribution is 2.24. The molecule has 6 heteroatoms. The van der Waals surface area contributed by atoms with E-state index in [9.17, 15) is 4.39 Å². The van der Waals surface area contributed by atoms with Gasteiger partial charge in [0.2, 0.25) is 0 Å². The Morgan fingerprint density at radius 2 is 2.10 bits per heavy atom. The summed E-state index contributed by atoms with van der Waals surface area (Å²) in [6.07, 6.45) is 2.03. The van der Waals surface area contributed by atoms with Gasteiger partial charge in [-0.1, -0.05) is 12.1 Å². The summed E-state index contributed by atoms with van der Waals surface area (Å²) in [6, 6.07) is 4.99. The van der Waals surface area contributed by atoms with Crippen LogP contribution in [0, 0.1) is 5.82 Å². The molecule has 0 saturated carbocycles. The van der Waals surface area contributed by atoms with Crippen LogP contribution >= 0.6 is 0 Å². The first-order chi connectivity index (χ1) is 9.99. The lowest BCUT2D eigenvalue weighted by atomic mass is 10.1. The van der Waals surface area contributed by atoms with Crippen LogP contribution in [0.3, 0.4) is 0 Å². The second-order valence-corrected chi connectivity index (χ2v) is 5.41. The van der Waals surface area contributed by atoms with Crippen molar-refractivity contribution in [3.63, 3.8) is 0 Å². The molecule has 2 N–H and O–H groups in total. The Morgan fingerprint density at radius 3 is 2.76 bits per heavy atom. The number of aromatic nitrogens is 3. The molecule has 1 aromatic heterocycles. The van der Waals surface area contributed by atoms with Gasteiger partial charge in [-0.25, -0.2) is 14.1 Å². The second kappa shape index (κ2) is 6.67. The minimum Gasteiger partial charge on any atom is -0.482 e. The van der Waals surface area contributed by atoms with Crippen molar-refractivity contribution < 1.29 is 9.13 Å². The molecule has 2 aromatic rings. The average Bonchev–Trinajstić information content (AvgIpc) is 2.86. The van der Waals surface area contributed by atoms with Gasteiger partial charge >= 0.3 is 0 Å². The number of rotatable bonds is 6. The van der Waals surface area contributed by atoms with Crippen molar-refractivity contribution >= 4 is 0 Å².